The number of aldehydes is 1. The molecule has 0 saturated heterocycles. The molecule has 0 aromatic rings. The molecule has 10 atom stereocenters. The highest BCUT2D eigenvalue weighted by molar-refractivity contribution is 5.63. The van der Waals surface area contributed by atoms with E-state index in [1.807, 2.05) is 0 Å². The van der Waals surface area contributed by atoms with Gasteiger partial charge in [-0.25, -0.2) is 0 Å². The first-order valence-corrected chi connectivity index (χ1v) is 13.7. The maximum absolute atomic E-state index is 12.6. The van der Waals surface area contributed by atoms with Gasteiger partial charge in [-0.15, -0.1) is 0 Å². The Hall–Kier alpha value is -0.630. The van der Waals surface area contributed by atoms with Gasteiger partial charge in [0, 0.05) is 5.41 Å². The molecule has 32 heavy (non-hydrogen) atoms. The molecule has 2 heteroatoms. The van der Waals surface area contributed by atoms with Crippen LogP contribution >= 0.6 is 0 Å². The highest BCUT2D eigenvalue weighted by atomic mass is 16.3. The van der Waals surface area contributed by atoms with Crippen LogP contribution in [-0.4, -0.2) is 17.5 Å². The third kappa shape index (κ3) is 2.60. The molecule has 0 amide bonds. The van der Waals surface area contributed by atoms with E-state index in [9.17, 15) is 9.90 Å². The van der Waals surface area contributed by atoms with Crippen molar-refractivity contribution in [3.05, 3.63) is 11.6 Å². The predicted molar refractivity (Wildman–Crippen MR) is 131 cm³/mol. The molecular weight excluding hydrogens is 392 g/mol. The summed E-state index contributed by atoms with van der Waals surface area (Å²) in [5.74, 6) is 3.01. The van der Waals surface area contributed by atoms with Gasteiger partial charge >= 0.3 is 0 Å². The summed E-state index contributed by atoms with van der Waals surface area (Å²) in [5.41, 5.74) is 2.35. The van der Waals surface area contributed by atoms with Crippen LogP contribution in [0.3, 0.4) is 0 Å². The van der Waals surface area contributed by atoms with Crippen molar-refractivity contribution in [1.29, 1.82) is 0 Å². The number of aliphatic hydroxyl groups is 1. The van der Waals surface area contributed by atoms with Crippen LogP contribution < -0.4 is 0 Å². The summed E-state index contributed by atoms with van der Waals surface area (Å²) in [6.45, 7) is 17.3. The number of rotatable bonds is 1. The molecule has 1 N–H and O–H groups in total. The Kier molecular flexibility index (Phi) is 5.03. The van der Waals surface area contributed by atoms with Gasteiger partial charge in [0.15, 0.2) is 0 Å². The highest BCUT2D eigenvalue weighted by Crippen LogP contribution is 2.75. The Morgan fingerprint density at radius 1 is 0.906 bits per heavy atom. The average molecular weight is 441 g/mol. The van der Waals surface area contributed by atoms with E-state index in [1.54, 1.807) is 5.57 Å². The SMILES string of the molecule is C[C@H]1[C@H](C)CC[C@]2(C=O)CC[C@]3(C)C(=CC[C@@H]4[C@@]5(C)CC[C@H](O)C(C)(C)[C@H]5CC[C@]43C)[C@H]12. The molecule has 0 aliphatic heterocycles. The second-order valence-corrected chi connectivity index (χ2v) is 14.4. The first kappa shape index (κ1) is 23.1. The third-order valence-corrected chi connectivity index (χ3v) is 13.3. The molecule has 4 saturated carbocycles. The van der Waals surface area contributed by atoms with E-state index in [0.717, 1.165) is 25.7 Å². The van der Waals surface area contributed by atoms with E-state index in [1.165, 1.54) is 38.4 Å². The minimum absolute atomic E-state index is 0.00573. The maximum Gasteiger partial charge on any atom is 0.126 e. The number of hydrogen-bond donors (Lipinski definition) is 1. The Morgan fingerprint density at radius 3 is 2.31 bits per heavy atom. The van der Waals surface area contributed by atoms with Crippen LogP contribution in [0.1, 0.15) is 106 Å². The van der Waals surface area contributed by atoms with Crippen molar-refractivity contribution in [2.24, 2.45) is 56.7 Å². The fourth-order valence-electron chi connectivity index (χ4n) is 10.7. The van der Waals surface area contributed by atoms with Crippen molar-refractivity contribution in [1.82, 2.24) is 0 Å². The van der Waals surface area contributed by atoms with Crippen molar-refractivity contribution in [3.63, 3.8) is 0 Å². The monoisotopic (exact) mass is 440 g/mol. The van der Waals surface area contributed by atoms with Crippen LogP contribution in [0.2, 0.25) is 0 Å². The van der Waals surface area contributed by atoms with E-state index in [2.05, 4.69) is 54.5 Å². The maximum atomic E-state index is 12.6. The van der Waals surface area contributed by atoms with Gasteiger partial charge in [0.2, 0.25) is 0 Å². The summed E-state index contributed by atoms with van der Waals surface area (Å²) in [6, 6.07) is 0. The first-order chi connectivity index (χ1) is 14.9. The van der Waals surface area contributed by atoms with Gasteiger partial charge in [0.05, 0.1) is 6.10 Å². The van der Waals surface area contributed by atoms with Crippen LogP contribution in [0, 0.1) is 56.7 Å². The Labute approximate surface area is 197 Å². The minimum atomic E-state index is -0.164. The fraction of sp³-hybridized carbons (Fsp3) is 0.900. The molecule has 0 heterocycles. The van der Waals surface area contributed by atoms with Crippen LogP contribution in [-0.2, 0) is 4.79 Å². The first-order valence-electron chi connectivity index (χ1n) is 13.7. The molecular formula is C30H48O2. The van der Waals surface area contributed by atoms with Crippen LogP contribution in [0.4, 0.5) is 0 Å². The van der Waals surface area contributed by atoms with E-state index in [0.29, 0.717) is 35.0 Å². The van der Waals surface area contributed by atoms with Crippen LogP contribution in [0.5, 0.6) is 0 Å². The van der Waals surface area contributed by atoms with Gasteiger partial charge in [-0.1, -0.05) is 60.1 Å². The highest BCUT2D eigenvalue weighted by Gasteiger charge is 2.68. The van der Waals surface area contributed by atoms with Crippen molar-refractivity contribution in [2.45, 2.75) is 112 Å². The molecule has 0 aromatic heterocycles. The number of aliphatic hydroxyl groups excluding tert-OH is 1. The van der Waals surface area contributed by atoms with Crippen molar-refractivity contribution < 1.29 is 9.90 Å². The van der Waals surface area contributed by atoms with Gasteiger partial charge in [-0.05, 0) is 109 Å². The minimum Gasteiger partial charge on any atom is -0.393 e. The molecule has 0 bridgehead atoms. The molecule has 0 unspecified atom stereocenters. The number of hydrogen-bond acceptors (Lipinski definition) is 2. The topological polar surface area (TPSA) is 37.3 Å². The normalized spacial score (nSPS) is 56.7. The molecule has 0 aromatic carbocycles. The summed E-state index contributed by atoms with van der Waals surface area (Å²) in [4.78, 5) is 12.6. The lowest BCUT2D eigenvalue weighted by atomic mass is 9.33. The number of carbonyl (C=O) groups is 1. The van der Waals surface area contributed by atoms with E-state index < -0.39 is 0 Å². The largest absolute Gasteiger partial charge is 0.393 e. The molecule has 0 radical (unpaired) electrons. The summed E-state index contributed by atoms with van der Waals surface area (Å²) < 4.78 is 0. The van der Waals surface area contributed by atoms with Gasteiger partial charge in [-0.2, -0.15) is 0 Å². The molecule has 5 aliphatic carbocycles. The summed E-state index contributed by atoms with van der Waals surface area (Å²) in [6.07, 6.45) is 14.2. The summed E-state index contributed by atoms with van der Waals surface area (Å²) >= 11 is 0. The number of fused-ring (bicyclic) bond motifs is 7. The molecule has 180 valence electrons. The smallest absolute Gasteiger partial charge is 0.126 e. The van der Waals surface area contributed by atoms with E-state index >= 15 is 0 Å². The average Bonchev–Trinajstić information content (AvgIpc) is 2.74. The quantitative estimate of drug-likeness (QED) is 0.346. The van der Waals surface area contributed by atoms with Gasteiger partial charge < -0.3 is 9.90 Å². The van der Waals surface area contributed by atoms with Gasteiger partial charge in [-0.3, -0.25) is 0 Å². The number of carbonyl (C=O) groups excluding carboxylic acids is 1. The van der Waals surface area contributed by atoms with Crippen molar-refractivity contribution in [3.8, 4) is 0 Å². The fourth-order valence-corrected chi connectivity index (χ4v) is 10.7. The van der Waals surface area contributed by atoms with E-state index in [4.69, 9.17) is 0 Å². The molecule has 4 fully saturated rings. The van der Waals surface area contributed by atoms with Crippen molar-refractivity contribution in [2.75, 3.05) is 0 Å². The summed E-state index contributed by atoms with van der Waals surface area (Å²) in [5, 5.41) is 10.9. The standard InChI is InChI=1S/C30H48O2/c1-19-10-15-30(18-31)17-16-28(6)21(25(30)20(19)2)8-9-23-27(5)13-12-24(32)26(3,4)22(27)11-14-29(23,28)7/h8,18-20,22-25,32H,9-17H2,1-7H3/t19-,20+,22-,23-,24+,25+,27+,28-,29-,30-/m1/s1. The zero-order valence-corrected chi connectivity index (χ0v) is 21.8. The van der Waals surface area contributed by atoms with E-state index in [-0.39, 0.29) is 27.8 Å². The zero-order valence-electron chi connectivity index (χ0n) is 21.8. The second kappa shape index (κ2) is 6.96. The molecule has 0 spiro atoms. The van der Waals surface area contributed by atoms with Gasteiger partial charge in [0.1, 0.15) is 6.29 Å². The second-order valence-electron chi connectivity index (χ2n) is 14.4. The molecule has 5 aliphatic rings. The molecule has 2 nitrogen and oxygen atoms in total. The lowest BCUT2D eigenvalue weighted by Gasteiger charge is -2.71. The zero-order chi connectivity index (χ0) is 23.3. The molecule has 5 rings (SSSR count). The Bertz CT molecular complexity index is 827. The summed E-state index contributed by atoms with van der Waals surface area (Å²) in [7, 11) is 0. The lowest BCUT2D eigenvalue weighted by Crippen LogP contribution is -2.65. The Morgan fingerprint density at radius 2 is 1.62 bits per heavy atom. The van der Waals surface area contributed by atoms with Crippen LogP contribution in [0.25, 0.3) is 0 Å². The predicted octanol–water partition coefficient (Wildman–Crippen LogP) is 7.20. The number of allylic oxidation sites excluding steroid dienone is 2. The third-order valence-electron chi connectivity index (χ3n) is 13.3. The Balaban J connectivity index is 1.60. The van der Waals surface area contributed by atoms with Gasteiger partial charge in [0.25, 0.3) is 0 Å². The van der Waals surface area contributed by atoms with Crippen LogP contribution in [0.15, 0.2) is 11.6 Å². The van der Waals surface area contributed by atoms with Crippen molar-refractivity contribution >= 4 is 6.29 Å². The lowest BCUT2D eigenvalue weighted by molar-refractivity contribution is -0.203.